The standard InChI is InChI=1S/C17H18N2O5.C14H19N3O2/c20-14-7-4-8-15(21)12(14)10-16(22)18-13(17(23)19-24)9-11-5-2-1-3-6-11;1-4-7-16(2)9-10-5-6-12-11(8-10)13(18)15-14(19)17(12)3/h1-8,13,20-21,24H,9-10H2,(H,18,22)(H,19,23);5-6,8H,4,7,9H2,1-3H3,(H,15,18,19). The number of phenolic OH excluding ortho intramolecular Hbond substituents is 2. The Morgan fingerprint density at radius 1 is 0.977 bits per heavy atom. The van der Waals surface area contributed by atoms with Gasteiger partial charge in [-0.15, -0.1) is 0 Å². The van der Waals surface area contributed by atoms with Gasteiger partial charge < -0.3 is 20.4 Å². The van der Waals surface area contributed by atoms with Crippen LogP contribution in [0.4, 0.5) is 0 Å². The summed E-state index contributed by atoms with van der Waals surface area (Å²) in [4.78, 5) is 51.8. The molecule has 0 aliphatic carbocycles. The molecular formula is C31H37N5O7. The first-order chi connectivity index (χ1) is 20.5. The van der Waals surface area contributed by atoms with Crippen LogP contribution in [0.3, 0.4) is 0 Å². The van der Waals surface area contributed by atoms with Gasteiger partial charge in [0.15, 0.2) is 0 Å². The zero-order chi connectivity index (χ0) is 31.5. The lowest BCUT2D eigenvalue weighted by Crippen LogP contribution is -2.47. The molecule has 43 heavy (non-hydrogen) atoms. The first-order valence-electron chi connectivity index (χ1n) is 13.7. The Balaban J connectivity index is 0.000000242. The van der Waals surface area contributed by atoms with E-state index in [9.17, 15) is 29.4 Å². The molecule has 6 N–H and O–H groups in total. The number of rotatable bonds is 10. The zero-order valence-electron chi connectivity index (χ0n) is 24.3. The molecule has 0 spiro atoms. The molecule has 1 unspecified atom stereocenters. The number of benzene rings is 3. The van der Waals surface area contributed by atoms with Gasteiger partial charge in [0.25, 0.3) is 11.5 Å². The summed E-state index contributed by atoms with van der Waals surface area (Å²) in [6, 6.07) is 17.8. The zero-order valence-corrected chi connectivity index (χ0v) is 24.3. The van der Waals surface area contributed by atoms with Gasteiger partial charge in [-0.2, -0.15) is 0 Å². The van der Waals surface area contributed by atoms with Crippen molar-refractivity contribution in [3.05, 3.63) is 104 Å². The minimum atomic E-state index is -0.988. The van der Waals surface area contributed by atoms with Crippen LogP contribution in [0.15, 0.2) is 76.3 Å². The van der Waals surface area contributed by atoms with Gasteiger partial charge in [0, 0.05) is 25.6 Å². The van der Waals surface area contributed by atoms with E-state index in [0.717, 1.165) is 30.6 Å². The molecule has 0 saturated heterocycles. The molecule has 0 bridgehead atoms. The number of nitrogens with one attached hydrogen (secondary N) is 3. The highest BCUT2D eigenvalue weighted by atomic mass is 16.5. The highest BCUT2D eigenvalue weighted by Gasteiger charge is 2.22. The Bertz CT molecular complexity index is 1650. The molecule has 12 nitrogen and oxygen atoms in total. The molecule has 0 fully saturated rings. The van der Waals surface area contributed by atoms with Crippen molar-refractivity contribution in [1.29, 1.82) is 0 Å². The number of aromatic amines is 1. The van der Waals surface area contributed by atoms with Crippen molar-refractivity contribution < 1.29 is 25.0 Å². The lowest BCUT2D eigenvalue weighted by molar-refractivity contribution is -0.134. The molecule has 0 radical (unpaired) electrons. The molecule has 228 valence electrons. The van der Waals surface area contributed by atoms with Crippen molar-refractivity contribution in [2.24, 2.45) is 7.05 Å². The maximum absolute atomic E-state index is 12.1. The lowest BCUT2D eigenvalue weighted by atomic mass is 10.0. The number of nitrogens with zero attached hydrogens (tertiary/aromatic N) is 2. The molecule has 0 aliphatic heterocycles. The smallest absolute Gasteiger partial charge is 0.328 e. The predicted octanol–water partition coefficient (Wildman–Crippen LogP) is 1.94. The van der Waals surface area contributed by atoms with Gasteiger partial charge >= 0.3 is 5.69 Å². The Hall–Kier alpha value is -4.94. The number of amides is 2. The third-order valence-corrected chi connectivity index (χ3v) is 6.76. The lowest BCUT2D eigenvalue weighted by Gasteiger charge is -2.17. The van der Waals surface area contributed by atoms with Crippen LogP contribution in [0.1, 0.15) is 30.0 Å². The number of fused-ring (bicyclic) bond motifs is 1. The van der Waals surface area contributed by atoms with Crippen LogP contribution >= 0.6 is 0 Å². The first-order valence-corrected chi connectivity index (χ1v) is 13.7. The summed E-state index contributed by atoms with van der Waals surface area (Å²) in [7, 11) is 3.71. The maximum atomic E-state index is 12.1. The molecule has 0 aliphatic rings. The summed E-state index contributed by atoms with van der Waals surface area (Å²) >= 11 is 0. The number of aromatic nitrogens is 2. The van der Waals surface area contributed by atoms with Gasteiger partial charge in [-0.25, -0.2) is 10.3 Å². The van der Waals surface area contributed by atoms with Crippen molar-refractivity contribution >= 4 is 22.7 Å². The fraction of sp³-hybridized carbons (Fsp3) is 0.290. The van der Waals surface area contributed by atoms with Crippen LogP contribution in [0.25, 0.3) is 10.9 Å². The summed E-state index contributed by atoms with van der Waals surface area (Å²) in [5.41, 5.74) is 3.43. The Kier molecular flexibility index (Phi) is 11.6. The van der Waals surface area contributed by atoms with Crippen LogP contribution < -0.4 is 22.0 Å². The van der Waals surface area contributed by atoms with Gasteiger partial charge in [-0.05, 0) is 55.4 Å². The van der Waals surface area contributed by atoms with E-state index in [1.54, 1.807) is 31.3 Å². The molecule has 1 atom stereocenters. The number of H-pyrrole nitrogens is 1. The van der Waals surface area contributed by atoms with E-state index in [1.165, 1.54) is 28.2 Å². The maximum Gasteiger partial charge on any atom is 0.328 e. The molecule has 12 heteroatoms. The van der Waals surface area contributed by atoms with Crippen molar-refractivity contribution in [3.63, 3.8) is 0 Å². The number of hydrogen-bond donors (Lipinski definition) is 6. The molecule has 2 amide bonds. The fourth-order valence-corrected chi connectivity index (χ4v) is 4.57. The Morgan fingerprint density at radius 3 is 2.28 bits per heavy atom. The third kappa shape index (κ3) is 9.02. The predicted molar refractivity (Wildman–Crippen MR) is 162 cm³/mol. The van der Waals surface area contributed by atoms with E-state index in [1.807, 2.05) is 24.3 Å². The molecule has 1 aromatic heterocycles. The molecule has 4 aromatic rings. The molecule has 0 saturated carbocycles. The van der Waals surface area contributed by atoms with E-state index >= 15 is 0 Å². The highest BCUT2D eigenvalue weighted by Crippen LogP contribution is 2.26. The molecular weight excluding hydrogens is 554 g/mol. The van der Waals surface area contributed by atoms with E-state index in [4.69, 9.17) is 5.21 Å². The summed E-state index contributed by atoms with van der Waals surface area (Å²) in [6.45, 7) is 3.95. The van der Waals surface area contributed by atoms with Crippen LogP contribution in [0.5, 0.6) is 11.5 Å². The van der Waals surface area contributed by atoms with Gasteiger partial charge in [0.05, 0.1) is 17.3 Å². The van der Waals surface area contributed by atoms with Crippen molar-refractivity contribution in [3.8, 4) is 11.5 Å². The second-order valence-electron chi connectivity index (χ2n) is 10.1. The number of carbonyl (C=O) groups is 2. The monoisotopic (exact) mass is 591 g/mol. The fourth-order valence-electron chi connectivity index (χ4n) is 4.57. The number of aryl methyl sites for hydroxylation is 1. The average molecular weight is 592 g/mol. The largest absolute Gasteiger partial charge is 0.508 e. The average Bonchev–Trinajstić information content (AvgIpc) is 2.98. The summed E-state index contributed by atoms with van der Waals surface area (Å²) in [6.07, 6.45) is 0.980. The molecule has 1 heterocycles. The van der Waals surface area contributed by atoms with Crippen LogP contribution in [0, 0.1) is 0 Å². The molecule has 3 aromatic carbocycles. The van der Waals surface area contributed by atoms with E-state index < -0.39 is 17.9 Å². The number of carbonyl (C=O) groups excluding carboxylic acids is 2. The summed E-state index contributed by atoms with van der Waals surface area (Å²) < 4.78 is 1.45. The molecule has 4 rings (SSSR count). The second kappa shape index (κ2) is 15.3. The quantitative estimate of drug-likeness (QED) is 0.120. The van der Waals surface area contributed by atoms with Crippen molar-refractivity contribution in [2.75, 3.05) is 13.6 Å². The topological polar surface area (TPSA) is 177 Å². The van der Waals surface area contributed by atoms with E-state index in [0.29, 0.717) is 10.9 Å². The van der Waals surface area contributed by atoms with Crippen LogP contribution in [0.2, 0.25) is 0 Å². The van der Waals surface area contributed by atoms with Gasteiger partial charge in [-0.3, -0.25) is 29.1 Å². The number of hydrogen-bond acceptors (Lipinski definition) is 8. The third-order valence-electron chi connectivity index (χ3n) is 6.76. The summed E-state index contributed by atoms with van der Waals surface area (Å²) in [5, 5.41) is 31.3. The van der Waals surface area contributed by atoms with Gasteiger partial charge in [-0.1, -0.05) is 49.4 Å². The highest BCUT2D eigenvalue weighted by molar-refractivity contribution is 5.88. The first kappa shape index (κ1) is 32.6. The van der Waals surface area contributed by atoms with Crippen molar-refractivity contribution in [2.45, 2.75) is 38.8 Å². The van der Waals surface area contributed by atoms with Crippen LogP contribution in [-0.4, -0.2) is 61.3 Å². The normalized spacial score (nSPS) is 11.5. The van der Waals surface area contributed by atoms with E-state index in [-0.39, 0.29) is 41.2 Å². The van der Waals surface area contributed by atoms with Gasteiger partial charge in [0.2, 0.25) is 5.91 Å². The minimum Gasteiger partial charge on any atom is -0.508 e. The second-order valence-corrected chi connectivity index (χ2v) is 10.1. The number of hydroxylamine groups is 1. The van der Waals surface area contributed by atoms with E-state index in [2.05, 4.69) is 29.2 Å². The summed E-state index contributed by atoms with van der Waals surface area (Å²) in [5.74, 6) is -1.75. The number of phenols is 2. The minimum absolute atomic E-state index is 0.0675. The van der Waals surface area contributed by atoms with Crippen LogP contribution in [-0.2, 0) is 36.0 Å². The SMILES string of the molecule is CCCN(C)Cc1ccc2c(c1)c(=O)[nH]c(=O)n2C.O=C(Cc1c(O)cccc1O)NC(Cc1ccccc1)C(=O)NO. The Labute approximate surface area is 248 Å². The van der Waals surface area contributed by atoms with Gasteiger partial charge in [0.1, 0.15) is 17.5 Å². The Morgan fingerprint density at radius 2 is 1.65 bits per heavy atom. The van der Waals surface area contributed by atoms with Crippen molar-refractivity contribution in [1.82, 2.24) is 25.2 Å². The number of aromatic hydroxyl groups is 2.